The van der Waals surface area contributed by atoms with Gasteiger partial charge in [0.25, 0.3) is 6.71 Å². The lowest BCUT2D eigenvalue weighted by Crippen LogP contribution is -2.61. The molecule has 0 N–H and O–H groups in total. The highest BCUT2D eigenvalue weighted by molar-refractivity contribution is 7.00. The molecule has 0 saturated carbocycles. The summed E-state index contributed by atoms with van der Waals surface area (Å²) < 4.78 is 0. The van der Waals surface area contributed by atoms with E-state index < -0.39 is 0 Å². The summed E-state index contributed by atoms with van der Waals surface area (Å²) in [4.78, 5) is 9.08. The van der Waals surface area contributed by atoms with Gasteiger partial charge in [-0.15, -0.1) is 0 Å². The maximum absolute atomic E-state index is 7.84. The van der Waals surface area contributed by atoms with Crippen molar-refractivity contribution in [2.75, 3.05) is 9.80 Å². The fourth-order valence-corrected chi connectivity index (χ4v) is 13.3. The summed E-state index contributed by atoms with van der Waals surface area (Å²) in [7, 11) is 0. The molecule has 2 heterocycles. The second-order valence-electron chi connectivity index (χ2n) is 23.9. The molecule has 13 aromatic rings. The maximum Gasteiger partial charge on any atom is 0.252 e. The van der Waals surface area contributed by atoms with Crippen LogP contribution in [0.1, 0.15) is 26.3 Å². The fraction of sp³-hybridized carbons (Fsp3) is 0.0482. The Morgan fingerprint density at radius 2 is 0.575 bits per heavy atom. The number of fused-ring (bicyclic) bond motifs is 4. The number of hydrogen-bond acceptors (Lipinski definition) is 2. The lowest BCUT2D eigenvalue weighted by molar-refractivity contribution is 0.590. The maximum atomic E-state index is 7.84. The summed E-state index contributed by atoms with van der Waals surface area (Å²) in [5.41, 5.74) is 30.0. The van der Waals surface area contributed by atoms with Crippen molar-refractivity contribution in [1.29, 1.82) is 0 Å². The zero-order valence-corrected chi connectivity index (χ0v) is 48.9. The van der Waals surface area contributed by atoms with Crippen LogP contribution in [0.15, 0.2) is 309 Å². The lowest BCUT2D eigenvalue weighted by atomic mass is 9.33. The van der Waals surface area contributed by atoms with E-state index >= 15 is 0 Å². The van der Waals surface area contributed by atoms with Gasteiger partial charge in [0.05, 0.1) is 17.9 Å². The van der Waals surface area contributed by atoms with Gasteiger partial charge in [0.15, 0.2) is 5.69 Å². The lowest BCUT2D eigenvalue weighted by Gasteiger charge is -2.46. The molecule has 15 rings (SSSR count). The van der Waals surface area contributed by atoms with Gasteiger partial charge < -0.3 is 9.80 Å². The van der Waals surface area contributed by atoms with Crippen LogP contribution in [-0.4, -0.2) is 6.71 Å². The topological polar surface area (TPSA) is 10.8 Å². The van der Waals surface area contributed by atoms with Crippen molar-refractivity contribution in [3.05, 3.63) is 326 Å². The summed E-state index contributed by atoms with van der Waals surface area (Å²) in [6, 6.07) is 114. The Labute approximate surface area is 511 Å². The van der Waals surface area contributed by atoms with Gasteiger partial charge in [-0.05, 0) is 143 Å². The fourth-order valence-electron chi connectivity index (χ4n) is 13.3. The minimum atomic E-state index is -0.291. The first kappa shape index (κ1) is 52.8. The van der Waals surface area contributed by atoms with E-state index in [4.69, 9.17) is 6.57 Å². The van der Waals surface area contributed by atoms with E-state index in [2.05, 4.69) is 333 Å². The third-order valence-electron chi connectivity index (χ3n) is 17.6. The smallest absolute Gasteiger partial charge is 0.252 e. The first-order valence-electron chi connectivity index (χ1n) is 30.0. The monoisotopic (exact) mass is 1110 g/mol. The van der Waals surface area contributed by atoms with Crippen LogP contribution in [0, 0.1) is 6.57 Å². The second kappa shape index (κ2) is 21.9. The summed E-state index contributed by atoms with van der Waals surface area (Å²) in [6.45, 7) is 14.7. The standard InChI is InChI=1S/C83H60BN3/c1-83(2,3)68-54-78-80-79(55-68)87(82-72(62-36-22-10-23-37-62)50-67(59-40-44-69(85-4)45-41-59)51-73(82)63-38-24-11-25-39-63)77-47-43-65(57-28-14-6-15-29-57)53-75(77)84(80)74-52-64(56-26-12-5-13-27-56)42-46-76(74)86(78)81-70(60-32-18-8-19-33-60)48-66(58-30-16-7-17-31-58)49-71(81)61-34-20-9-21-35-61/h5-55H,1-3H3. The molecular formula is C83H60BN3. The Hall–Kier alpha value is -11.0. The molecular weight excluding hydrogens is 1050 g/mol. The van der Waals surface area contributed by atoms with Gasteiger partial charge in [-0.1, -0.05) is 282 Å². The Kier molecular flexibility index (Phi) is 13.3. The molecule has 0 bridgehead atoms. The number of benzene rings is 13. The van der Waals surface area contributed by atoms with Gasteiger partial charge in [0, 0.05) is 45.0 Å². The van der Waals surface area contributed by atoms with Crippen molar-refractivity contribution < 1.29 is 0 Å². The van der Waals surface area contributed by atoms with Gasteiger partial charge in [-0.2, -0.15) is 0 Å². The molecule has 4 heteroatoms. The Morgan fingerprint density at radius 3 is 0.885 bits per heavy atom. The molecule has 3 nitrogen and oxygen atoms in total. The third-order valence-corrected chi connectivity index (χ3v) is 17.6. The van der Waals surface area contributed by atoms with E-state index in [1.54, 1.807) is 0 Å². The normalized spacial score (nSPS) is 12.2. The molecule has 0 unspecified atom stereocenters. The van der Waals surface area contributed by atoms with E-state index in [1.807, 2.05) is 12.1 Å². The third kappa shape index (κ3) is 9.51. The van der Waals surface area contributed by atoms with Crippen molar-refractivity contribution >= 4 is 62.9 Å². The van der Waals surface area contributed by atoms with Crippen LogP contribution in [0.5, 0.6) is 0 Å². The minimum absolute atomic E-state index is 0.210. The van der Waals surface area contributed by atoms with E-state index in [9.17, 15) is 0 Å². The summed E-state index contributed by atoms with van der Waals surface area (Å²) in [5, 5.41) is 0. The molecule has 0 spiro atoms. The quantitative estimate of drug-likeness (QED) is 0.0998. The Bertz CT molecular complexity index is 4630. The minimum Gasteiger partial charge on any atom is -0.310 e. The molecule has 0 radical (unpaired) electrons. The summed E-state index contributed by atoms with van der Waals surface area (Å²) in [6.07, 6.45) is 0. The molecule has 2 aliphatic rings. The molecule has 2 aliphatic heterocycles. The van der Waals surface area contributed by atoms with Crippen LogP contribution < -0.4 is 26.2 Å². The van der Waals surface area contributed by atoms with Gasteiger partial charge >= 0.3 is 0 Å². The zero-order chi connectivity index (χ0) is 58.6. The highest BCUT2D eigenvalue weighted by Gasteiger charge is 2.46. The molecule has 0 amide bonds. The summed E-state index contributed by atoms with van der Waals surface area (Å²) in [5.74, 6) is 0. The van der Waals surface area contributed by atoms with E-state index in [0.717, 1.165) is 112 Å². The van der Waals surface area contributed by atoms with Crippen LogP contribution >= 0.6 is 0 Å². The number of anilines is 6. The number of hydrogen-bond donors (Lipinski definition) is 0. The van der Waals surface area contributed by atoms with Crippen LogP contribution in [0.25, 0.3) is 93.9 Å². The SMILES string of the molecule is [C-]#[N+]c1ccc(-c2cc(-c3ccccc3)c(N3c4ccc(-c5ccccc5)cc4B4c5cc(-c6ccccc6)ccc5N(c5c(-c6ccccc6)cc(-c6ccccc6)cc5-c5ccccc5)c5cc(C(C)(C)C)cc3c54)c(-c3ccccc3)c2)cc1. The van der Waals surface area contributed by atoms with E-state index in [0.29, 0.717) is 5.69 Å². The first-order valence-corrected chi connectivity index (χ1v) is 30.0. The molecule has 0 saturated heterocycles. The molecule has 87 heavy (non-hydrogen) atoms. The summed E-state index contributed by atoms with van der Waals surface area (Å²) >= 11 is 0. The van der Waals surface area contributed by atoms with Gasteiger partial charge in [0.2, 0.25) is 0 Å². The van der Waals surface area contributed by atoms with Crippen LogP contribution in [0.4, 0.5) is 39.8 Å². The van der Waals surface area contributed by atoms with Gasteiger partial charge in [-0.25, -0.2) is 4.85 Å². The van der Waals surface area contributed by atoms with Crippen molar-refractivity contribution in [2.24, 2.45) is 0 Å². The van der Waals surface area contributed by atoms with Gasteiger partial charge in [0.1, 0.15) is 0 Å². The first-order chi connectivity index (χ1) is 42.8. The molecule has 410 valence electrons. The highest BCUT2D eigenvalue weighted by Crippen LogP contribution is 2.55. The van der Waals surface area contributed by atoms with Crippen molar-refractivity contribution in [1.82, 2.24) is 0 Å². The van der Waals surface area contributed by atoms with Crippen molar-refractivity contribution in [2.45, 2.75) is 26.2 Å². The van der Waals surface area contributed by atoms with Crippen molar-refractivity contribution in [3.63, 3.8) is 0 Å². The van der Waals surface area contributed by atoms with Crippen LogP contribution in [0.2, 0.25) is 0 Å². The average Bonchev–Trinajstić information content (AvgIpc) is 2.56. The molecule has 13 aromatic carbocycles. The van der Waals surface area contributed by atoms with Gasteiger partial charge in [-0.3, -0.25) is 0 Å². The Balaban J connectivity index is 1.13. The predicted octanol–water partition coefficient (Wildman–Crippen LogP) is 21.0. The largest absolute Gasteiger partial charge is 0.310 e. The average molecular weight is 1110 g/mol. The molecule has 0 aromatic heterocycles. The Morgan fingerprint density at radius 1 is 0.287 bits per heavy atom. The molecule has 0 fully saturated rings. The van der Waals surface area contributed by atoms with E-state index in [1.165, 1.54) is 33.1 Å². The molecule has 0 aliphatic carbocycles. The van der Waals surface area contributed by atoms with Crippen molar-refractivity contribution in [3.8, 4) is 89.0 Å². The number of rotatable bonds is 10. The molecule has 0 atom stereocenters. The van der Waals surface area contributed by atoms with Crippen LogP contribution in [-0.2, 0) is 5.41 Å². The highest BCUT2D eigenvalue weighted by atomic mass is 15.2. The predicted molar refractivity (Wildman–Crippen MR) is 369 cm³/mol. The number of nitrogens with zero attached hydrogens (tertiary/aromatic N) is 3. The van der Waals surface area contributed by atoms with E-state index in [-0.39, 0.29) is 12.1 Å². The van der Waals surface area contributed by atoms with Crippen LogP contribution in [0.3, 0.4) is 0 Å². The zero-order valence-electron chi connectivity index (χ0n) is 48.9. The second-order valence-corrected chi connectivity index (χ2v) is 23.9.